The number of para-hydroxylation sites is 1. The van der Waals surface area contributed by atoms with Gasteiger partial charge in [-0.05, 0) is 18.6 Å². The second-order valence-corrected chi connectivity index (χ2v) is 4.90. The molecule has 0 unspecified atom stereocenters. The molecule has 0 atom stereocenters. The van der Waals surface area contributed by atoms with Crippen molar-refractivity contribution in [3.05, 3.63) is 36.9 Å². The van der Waals surface area contributed by atoms with Crippen molar-refractivity contribution >= 4 is 11.8 Å². The fourth-order valence-electron chi connectivity index (χ4n) is 1.57. The normalized spacial score (nSPS) is 10.4. The summed E-state index contributed by atoms with van der Waals surface area (Å²) in [6, 6.07) is 7.85. The van der Waals surface area contributed by atoms with Gasteiger partial charge >= 0.3 is 0 Å². The van der Waals surface area contributed by atoms with E-state index in [2.05, 4.69) is 28.7 Å². The minimum Gasteiger partial charge on any atom is -0.493 e. The molecular weight excluding hydrogens is 258 g/mol. The maximum Gasteiger partial charge on any atom is 0.209 e. The summed E-state index contributed by atoms with van der Waals surface area (Å²) in [6.07, 6.45) is 2.81. The summed E-state index contributed by atoms with van der Waals surface area (Å²) >= 11 is 1.55. The van der Waals surface area contributed by atoms with Gasteiger partial charge in [-0.1, -0.05) is 36.9 Å². The van der Waals surface area contributed by atoms with Gasteiger partial charge in [-0.2, -0.15) is 0 Å². The lowest BCUT2D eigenvalue weighted by Gasteiger charge is -2.08. The molecule has 0 aliphatic heterocycles. The van der Waals surface area contributed by atoms with E-state index in [1.54, 1.807) is 11.8 Å². The molecule has 2 rings (SSSR count). The molecule has 1 aromatic carbocycles. The zero-order chi connectivity index (χ0) is 13.5. The predicted molar refractivity (Wildman–Crippen MR) is 78.5 cm³/mol. The molecule has 100 valence electrons. The fourth-order valence-corrected chi connectivity index (χ4v) is 2.10. The molecule has 4 nitrogen and oxygen atoms in total. The molecule has 0 fully saturated rings. The highest BCUT2D eigenvalue weighted by molar-refractivity contribution is 7.99. The number of nitrogens with one attached hydrogen (secondary N) is 1. The van der Waals surface area contributed by atoms with E-state index in [-0.39, 0.29) is 0 Å². The fraction of sp³-hybridized carbons (Fsp3) is 0.286. The number of H-pyrrole nitrogens is 1. The van der Waals surface area contributed by atoms with Gasteiger partial charge < -0.3 is 4.74 Å². The van der Waals surface area contributed by atoms with Crippen molar-refractivity contribution < 1.29 is 4.74 Å². The highest BCUT2D eigenvalue weighted by atomic mass is 32.2. The summed E-state index contributed by atoms with van der Waals surface area (Å²) in [7, 11) is 0. The van der Waals surface area contributed by atoms with Crippen LogP contribution < -0.4 is 4.74 Å². The topological polar surface area (TPSA) is 50.8 Å². The van der Waals surface area contributed by atoms with Gasteiger partial charge in [-0.15, -0.1) is 11.7 Å². The van der Waals surface area contributed by atoms with Crippen molar-refractivity contribution in [3.8, 4) is 17.1 Å². The van der Waals surface area contributed by atoms with Gasteiger partial charge in [0.1, 0.15) is 5.75 Å². The molecule has 0 aliphatic rings. The summed E-state index contributed by atoms with van der Waals surface area (Å²) < 4.78 is 5.72. The second-order valence-electron chi connectivity index (χ2n) is 3.91. The van der Waals surface area contributed by atoms with E-state index < -0.39 is 0 Å². The third kappa shape index (κ3) is 3.61. The van der Waals surface area contributed by atoms with Gasteiger partial charge in [0.15, 0.2) is 5.82 Å². The number of nitrogens with zero attached hydrogens (tertiary/aromatic N) is 2. The van der Waals surface area contributed by atoms with Crippen LogP contribution in [0.5, 0.6) is 5.75 Å². The molecule has 1 heterocycles. The number of aromatic amines is 1. The van der Waals surface area contributed by atoms with E-state index in [4.69, 9.17) is 4.74 Å². The second kappa shape index (κ2) is 6.99. The van der Waals surface area contributed by atoms with E-state index in [1.165, 1.54) is 0 Å². The Balaban J connectivity index is 2.20. The van der Waals surface area contributed by atoms with Crippen LogP contribution in [0, 0.1) is 0 Å². The van der Waals surface area contributed by atoms with Gasteiger partial charge in [0, 0.05) is 5.75 Å². The van der Waals surface area contributed by atoms with Gasteiger partial charge in [0.25, 0.3) is 0 Å². The van der Waals surface area contributed by atoms with E-state index in [1.807, 2.05) is 30.3 Å². The zero-order valence-electron chi connectivity index (χ0n) is 10.9. The Labute approximate surface area is 117 Å². The number of hydrogen-bond donors (Lipinski definition) is 1. The minimum atomic E-state index is 0.698. The molecule has 1 N–H and O–H groups in total. The predicted octanol–water partition coefficient (Wildman–Crippen LogP) is 3.54. The number of benzene rings is 1. The first-order valence-electron chi connectivity index (χ1n) is 6.23. The molecule has 0 radical (unpaired) electrons. The summed E-state index contributed by atoms with van der Waals surface area (Å²) in [6.45, 7) is 6.46. The average Bonchev–Trinajstić information content (AvgIpc) is 2.92. The van der Waals surface area contributed by atoms with E-state index in [9.17, 15) is 0 Å². The Morgan fingerprint density at radius 2 is 2.26 bits per heavy atom. The number of thioether (sulfide) groups is 1. The monoisotopic (exact) mass is 275 g/mol. The number of hydrogen-bond acceptors (Lipinski definition) is 4. The largest absolute Gasteiger partial charge is 0.493 e. The summed E-state index contributed by atoms with van der Waals surface area (Å²) in [5, 5.41) is 7.85. The first-order chi connectivity index (χ1) is 9.35. The zero-order valence-corrected chi connectivity index (χ0v) is 11.7. The Hall–Kier alpha value is -1.75. The van der Waals surface area contributed by atoms with Crippen LogP contribution in [0.15, 0.2) is 42.1 Å². The molecule has 2 aromatic rings. The van der Waals surface area contributed by atoms with Crippen LogP contribution in [0.1, 0.15) is 13.3 Å². The third-order valence-electron chi connectivity index (χ3n) is 2.40. The smallest absolute Gasteiger partial charge is 0.209 e. The molecule has 0 saturated heterocycles. The molecule has 5 heteroatoms. The molecule has 19 heavy (non-hydrogen) atoms. The lowest BCUT2D eigenvalue weighted by molar-refractivity contribution is 0.318. The number of rotatable bonds is 7. The summed E-state index contributed by atoms with van der Waals surface area (Å²) in [5.74, 6) is 2.37. The van der Waals surface area contributed by atoms with E-state index >= 15 is 0 Å². The average molecular weight is 275 g/mol. The van der Waals surface area contributed by atoms with Crippen LogP contribution in [-0.2, 0) is 0 Å². The summed E-state index contributed by atoms with van der Waals surface area (Å²) in [5.41, 5.74) is 0.939. The highest BCUT2D eigenvalue weighted by Gasteiger charge is 2.10. The molecule has 0 saturated carbocycles. The van der Waals surface area contributed by atoms with Crippen molar-refractivity contribution in [2.75, 3.05) is 12.4 Å². The molecule has 1 aromatic heterocycles. The number of aromatic nitrogens is 3. The van der Waals surface area contributed by atoms with Crippen LogP contribution >= 0.6 is 11.8 Å². The van der Waals surface area contributed by atoms with Crippen LogP contribution in [0.4, 0.5) is 0 Å². The molecule has 0 aliphatic carbocycles. The van der Waals surface area contributed by atoms with Crippen molar-refractivity contribution in [2.24, 2.45) is 0 Å². The van der Waals surface area contributed by atoms with Crippen molar-refractivity contribution in [1.29, 1.82) is 0 Å². The lowest BCUT2D eigenvalue weighted by Crippen LogP contribution is -1.97. The maximum absolute atomic E-state index is 5.72. The van der Waals surface area contributed by atoms with Crippen molar-refractivity contribution in [1.82, 2.24) is 15.2 Å². The molecule has 0 bridgehead atoms. The SMILES string of the molecule is C=CCSc1n[nH]c(-c2ccccc2OCCC)n1. The molecule has 0 amide bonds. The highest BCUT2D eigenvalue weighted by Crippen LogP contribution is 2.28. The van der Waals surface area contributed by atoms with Crippen molar-refractivity contribution in [2.45, 2.75) is 18.5 Å². The van der Waals surface area contributed by atoms with Crippen molar-refractivity contribution in [3.63, 3.8) is 0 Å². The third-order valence-corrected chi connectivity index (χ3v) is 3.24. The lowest BCUT2D eigenvalue weighted by atomic mass is 10.2. The van der Waals surface area contributed by atoms with Gasteiger partial charge in [-0.3, -0.25) is 5.10 Å². The first-order valence-corrected chi connectivity index (χ1v) is 7.22. The Bertz CT molecular complexity index is 539. The van der Waals surface area contributed by atoms with E-state index in [0.717, 1.165) is 34.5 Å². The van der Waals surface area contributed by atoms with Crippen LogP contribution in [0.25, 0.3) is 11.4 Å². The van der Waals surface area contributed by atoms with Crippen LogP contribution in [-0.4, -0.2) is 27.5 Å². The van der Waals surface area contributed by atoms with Gasteiger partial charge in [0.2, 0.25) is 5.16 Å². The van der Waals surface area contributed by atoms with Crippen LogP contribution in [0.3, 0.4) is 0 Å². The Morgan fingerprint density at radius 3 is 3.05 bits per heavy atom. The minimum absolute atomic E-state index is 0.698. The van der Waals surface area contributed by atoms with Crippen LogP contribution in [0.2, 0.25) is 0 Å². The Kier molecular flexibility index (Phi) is 5.03. The van der Waals surface area contributed by atoms with Gasteiger partial charge in [-0.25, -0.2) is 4.98 Å². The number of ether oxygens (including phenoxy) is 1. The maximum atomic E-state index is 5.72. The molecule has 0 spiro atoms. The quantitative estimate of drug-likeness (QED) is 0.620. The first kappa shape index (κ1) is 13.7. The van der Waals surface area contributed by atoms with Gasteiger partial charge in [0.05, 0.1) is 12.2 Å². The standard InChI is InChI=1S/C14H17N3OS/c1-3-9-18-12-8-6-5-7-11(12)13-15-14(17-16-13)19-10-4-2/h4-8H,2-3,9-10H2,1H3,(H,15,16,17). The Morgan fingerprint density at radius 1 is 1.42 bits per heavy atom. The van der Waals surface area contributed by atoms with E-state index in [0.29, 0.717) is 6.61 Å². The summed E-state index contributed by atoms with van der Waals surface area (Å²) in [4.78, 5) is 4.46. The molecular formula is C14H17N3OS.